The SMILES string of the molecule is CCCCCCC/C=C\C/C=C\C/C=C\CCCCCCCCCCCCCCCCCCCCCCC(=O)NC(COC1OC(CO)C(O)C(O)C1O)C(O)/C=C/CCCCCCCCCCCCC. The van der Waals surface area contributed by atoms with Crippen molar-refractivity contribution in [3.63, 3.8) is 0 Å². The average Bonchev–Trinajstić information content (AvgIpc) is 3.37. The van der Waals surface area contributed by atoms with Gasteiger partial charge < -0.3 is 40.3 Å². The van der Waals surface area contributed by atoms with Crippen molar-refractivity contribution in [2.24, 2.45) is 0 Å². The topological polar surface area (TPSA) is 149 Å². The van der Waals surface area contributed by atoms with E-state index in [0.717, 1.165) is 51.4 Å². The molecule has 1 fully saturated rings. The minimum Gasteiger partial charge on any atom is -0.394 e. The van der Waals surface area contributed by atoms with Gasteiger partial charge in [0.2, 0.25) is 5.91 Å². The summed E-state index contributed by atoms with van der Waals surface area (Å²) in [6.07, 6.45) is 62.0. The molecule has 0 aromatic rings. The molecule has 0 spiro atoms. The third-order valence-electron chi connectivity index (χ3n) is 14.4. The highest BCUT2D eigenvalue weighted by Gasteiger charge is 2.44. The highest BCUT2D eigenvalue weighted by atomic mass is 16.7. The number of carbonyl (C=O) groups excluding carboxylic acids is 1. The Balaban J connectivity index is 2.09. The summed E-state index contributed by atoms with van der Waals surface area (Å²) in [4.78, 5) is 13.0. The molecule has 7 unspecified atom stereocenters. The Morgan fingerprint density at radius 1 is 0.479 bits per heavy atom. The van der Waals surface area contributed by atoms with Crippen molar-refractivity contribution in [1.82, 2.24) is 5.32 Å². The van der Waals surface area contributed by atoms with Crippen LogP contribution in [0.25, 0.3) is 0 Å². The molecule has 0 aliphatic carbocycles. The van der Waals surface area contributed by atoms with Crippen LogP contribution in [0.2, 0.25) is 0 Å². The first-order valence-corrected chi connectivity index (χ1v) is 30.4. The Morgan fingerprint density at radius 3 is 1.23 bits per heavy atom. The van der Waals surface area contributed by atoms with Gasteiger partial charge >= 0.3 is 0 Å². The molecular formula is C62H115NO8. The number of rotatable bonds is 52. The Kier molecular flexibility index (Phi) is 48.8. The minimum absolute atomic E-state index is 0.174. The molecule has 9 nitrogen and oxygen atoms in total. The van der Waals surface area contributed by atoms with Gasteiger partial charge in [-0.1, -0.05) is 268 Å². The lowest BCUT2D eigenvalue weighted by Gasteiger charge is -2.40. The van der Waals surface area contributed by atoms with Crippen LogP contribution in [-0.2, 0) is 14.3 Å². The molecule has 9 heteroatoms. The number of nitrogens with one attached hydrogen (secondary N) is 1. The zero-order chi connectivity index (χ0) is 51.5. The van der Waals surface area contributed by atoms with Gasteiger partial charge in [-0.05, 0) is 57.8 Å². The summed E-state index contributed by atoms with van der Waals surface area (Å²) in [7, 11) is 0. The number of hydrogen-bond donors (Lipinski definition) is 6. The first-order valence-electron chi connectivity index (χ1n) is 30.4. The molecule has 416 valence electrons. The normalized spacial score (nSPS) is 19.6. The number of carbonyl (C=O) groups is 1. The van der Waals surface area contributed by atoms with E-state index < -0.39 is 49.5 Å². The maximum Gasteiger partial charge on any atom is 0.220 e. The zero-order valence-electron chi connectivity index (χ0n) is 46.2. The fourth-order valence-corrected chi connectivity index (χ4v) is 9.58. The first-order chi connectivity index (χ1) is 34.8. The molecule has 1 saturated heterocycles. The predicted octanol–water partition coefficient (Wildman–Crippen LogP) is 15.3. The van der Waals surface area contributed by atoms with E-state index in [1.165, 1.54) is 212 Å². The summed E-state index contributed by atoms with van der Waals surface area (Å²) in [5.74, 6) is -0.174. The Labute approximate surface area is 437 Å². The summed E-state index contributed by atoms with van der Waals surface area (Å²) >= 11 is 0. The van der Waals surface area contributed by atoms with Crippen molar-refractivity contribution < 1.29 is 39.8 Å². The fraction of sp³-hybridized carbons (Fsp3) is 0.855. The van der Waals surface area contributed by atoms with Crippen LogP contribution >= 0.6 is 0 Å². The molecule has 0 saturated carbocycles. The zero-order valence-corrected chi connectivity index (χ0v) is 46.2. The molecule has 71 heavy (non-hydrogen) atoms. The summed E-state index contributed by atoms with van der Waals surface area (Å²) < 4.78 is 11.3. The van der Waals surface area contributed by atoms with Gasteiger partial charge in [0.25, 0.3) is 0 Å². The van der Waals surface area contributed by atoms with Gasteiger partial charge in [0.15, 0.2) is 6.29 Å². The molecule has 1 aliphatic rings. The summed E-state index contributed by atoms with van der Waals surface area (Å²) in [5.41, 5.74) is 0. The van der Waals surface area contributed by atoms with Crippen molar-refractivity contribution in [3.8, 4) is 0 Å². The molecule has 6 N–H and O–H groups in total. The fourth-order valence-electron chi connectivity index (χ4n) is 9.58. The second kappa shape index (κ2) is 51.6. The lowest BCUT2D eigenvalue weighted by Crippen LogP contribution is -2.60. The third-order valence-corrected chi connectivity index (χ3v) is 14.4. The number of aliphatic hydroxyl groups is 5. The van der Waals surface area contributed by atoms with Crippen molar-refractivity contribution in [2.75, 3.05) is 13.2 Å². The van der Waals surface area contributed by atoms with E-state index in [-0.39, 0.29) is 12.5 Å². The summed E-state index contributed by atoms with van der Waals surface area (Å²) in [6.45, 7) is 3.78. The number of amides is 1. The van der Waals surface area contributed by atoms with Crippen molar-refractivity contribution >= 4 is 5.91 Å². The van der Waals surface area contributed by atoms with Crippen LogP contribution in [0, 0.1) is 0 Å². The average molecular weight is 1000 g/mol. The third kappa shape index (κ3) is 41.1. The smallest absolute Gasteiger partial charge is 0.220 e. The van der Waals surface area contributed by atoms with Crippen LogP contribution in [0.3, 0.4) is 0 Å². The maximum atomic E-state index is 13.0. The van der Waals surface area contributed by atoms with Gasteiger partial charge in [-0.15, -0.1) is 0 Å². The largest absolute Gasteiger partial charge is 0.394 e. The highest BCUT2D eigenvalue weighted by molar-refractivity contribution is 5.76. The standard InChI is InChI=1S/C62H115NO8/c1-3-5-7-9-11-13-15-17-18-19-20-21-22-23-24-25-26-27-28-29-30-31-32-33-34-35-36-37-38-40-42-44-46-48-50-52-58(66)63-55(54-70-62-61(69)60(68)59(67)57(53-64)71-62)56(65)51-49-47-45-43-41-39-16-14-12-10-8-6-4-2/h15,17,19-20,22-23,49,51,55-57,59-62,64-65,67-69H,3-14,16,18,21,24-48,50,52-54H2,1-2H3,(H,63,66)/b17-15-,20-19-,23-22-,51-49+. The second-order valence-corrected chi connectivity index (χ2v) is 21.1. The number of ether oxygens (including phenoxy) is 2. The Bertz CT molecular complexity index is 1250. The van der Waals surface area contributed by atoms with Gasteiger partial charge in [-0.3, -0.25) is 4.79 Å². The molecule has 0 aromatic heterocycles. The molecule has 0 radical (unpaired) electrons. The highest BCUT2D eigenvalue weighted by Crippen LogP contribution is 2.23. The quantitative estimate of drug-likeness (QED) is 0.0261. The van der Waals surface area contributed by atoms with Crippen LogP contribution in [0.5, 0.6) is 0 Å². The lowest BCUT2D eigenvalue weighted by molar-refractivity contribution is -0.302. The summed E-state index contributed by atoms with van der Waals surface area (Å²) in [6, 6.07) is -0.803. The van der Waals surface area contributed by atoms with Crippen LogP contribution in [0.4, 0.5) is 0 Å². The molecule has 0 bridgehead atoms. The lowest BCUT2D eigenvalue weighted by atomic mass is 9.99. The molecule has 1 heterocycles. The monoisotopic (exact) mass is 1000 g/mol. The molecule has 1 rings (SSSR count). The minimum atomic E-state index is -1.57. The van der Waals surface area contributed by atoms with E-state index in [1.807, 2.05) is 6.08 Å². The Morgan fingerprint density at radius 2 is 0.831 bits per heavy atom. The van der Waals surface area contributed by atoms with Gasteiger partial charge in [-0.25, -0.2) is 0 Å². The van der Waals surface area contributed by atoms with E-state index in [9.17, 15) is 30.3 Å². The van der Waals surface area contributed by atoms with Gasteiger partial charge in [0.05, 0.1) is 25.4 Å². The maximum absolute atomic E-state index is 13.0. The van der Waals surface area contributed by atoms with E-state index in [4.69, 9.17) is 9.47 Å². The van der Waals surface area contributed by atoms with E-state index in [1.54, 1.807) is 6.08 Å². The molecule has 1 aliphatic heterocycles. The number of aliphatic hydroxyl groups excluding tert-OH is 5. The van der Waals surface area contributed by atoms with E-state index in [2.05, 4.69) is 55.6 Å². The van der Waals surface area contributed by atoms with Crippen LogP contribution in [-0.4, -0.2) is 87.5 Å². The summed E-state index contributed by atoms with van der Waals surface area (Å²) in [5, 5.41) is 54.4. The second-order valence-electron chi connectivity index (χ2n) is 21.1. The van der Waals surface area contributed by atoms with Crippen LogP contribution < -0.4 is 5.32 Å². The van der Waals surface area contributed by atoms with E-state index >= 15 is 0 Å². The van der Waals surface area contributed by atoms with Crippen molar-refractivity contribution in [1.29, 1.82) is 0 Å². The van der Waals surface area contributed by atoms with Gasteiger partial charge in [-0.2, -0.15) is 0 Å². The van der Waals surface area contributed by atoms with Crippen LogP contribution in [0.1, 0.15) is 284 Å². The molecule has 1 amide bonds. The Hall–Kier alpha value is -1.85. The van der Waals surface area contributed by atoms with Crippen molar-refractivity contribution in [3.05, 3.63) is 48.6 Å². The van der Waals surface area contributed by atoms with Crippen LogP contribution in [0.15, 0.2) is 48.6 Å². The van der Waals surface area contributed by atoms with Gasteiger partial charge in [0.1, 0.15) is 24.4 Å². The number of allylic oxidation sites excluding steroid dienone is 7. The first kappa shape index (κ1) is 67.2. The number of unbranched alkanes of at least 4 members (excludes halogenated alkanes) is 36. The van der Waals surface area contributed by atoms with Gasteiger partial charge in [0, 0.05) is 6.42 Å². The van der Waals surface area contributed by atoms with E-state index in [0.29, 0.717) is 6.42 Å². The number of hydrogen-bond acceptors (Lipinski definition) is 8. The molecular weight excluding hydrogens is 887 g/mol. The van der Waals surface area contributed by atoms with Crippen molar-refractivity contribution in [2.45, 2.75) is 326 Å². The predicted molar refractivity (Wildman–Crippen MR) is 299 cm³/mol. The molecule has 7 atom stereocenters. The molecule has 0 aromatic carbocycles.